The largest absolute Gasteiger partial charge is 0.372 e. The second kappa shape index (κ2) is 11.4. The first-order chi connectivity index (χ1) is 15.9. The number of nitrogens with zero attached hydrogens (tertiary/aromatic N) is 2. The van der Waals surface area contributed by atoms with Gasteiger partial charge in [-0.05, 0) is 107 Å². The van der Waals surface area contributed by atoms with E-state index >= 15 is 0 Å². The van der Waals surface area contributed by atoms with Crippen molar-refractivity contribution in [3.05, 3.63) is 69.8 Å². The van der Waals surface area contributed by atoms with E-state index < -0.39 is 0 Å². The molecule has 0 saturated heterocycles. The van der Waals surface area contributed by atoms with Crippen molar-refractivity contribution in [2.24, 2.45) is 0 Å². The molecule has 176 valence electrons. The van der Waals surface area contributed by atoms with Crippen molar-refractivity contribution in [1.82, 2.24) is 0 Å². The van der Waals surface area contributed by atoms with Crippen LogP contribution in [-0.2, 0) is 4.79 Å². The van der Waals surface area contributed by atoms with E-state index in [0.717, 1.165) is 67.7 Å². The number of Topliss-reactive ketones (excluding diaryl/α,β-unsaturated/α-hetero) is 1. The lowest BCUT2D eigenvalue weighted by molar-refractivity contribution is -0.112. The molecular weight excluding hydrogens is 404 g/mol. The Morgan fingerprint density at radius 3 is 1.45 bits per heavy atom. The number of ketones is 1. The number of hydrogen-bond acceptors (Lipinski definition) is 3. The molecule has 1 aliphatic rings. The molecule has 3 rings (SSSR count). The van der Waals surface area contributed by atoms with E-state index in [1.807, 2.05) is 0 Å². The minimum Gasteiger partial charge on any atom is -0.372 e. The molecule has 0 radical (unpaired) electrons. The summed E-state index contributed by atoms with van der Waals surface area (Å²) in [4.78, 5) is 18.3. The summed E-state index contributed by atoms with van der Waals surface area (Å²) in [6, 6.07) is 13.1. The van der Waals surface area contributed by atoms with E-state index in [4.69, 9.17) is 0 Å². The van der Waals surface area contributed by atoms with Gasteiger partial charge in [0.05, 0.1) is 0 Å². The Morgan fingerprint density at radius 1 is 0.697 bits per heavy atom. The van der Waals surface area contributed by atoms with Crippen LogP contribution in [0.5, 0.6) is 0 Å². The zero-order chi connectivity index (χ0) is 24.0. The first-order valence-electron chi connectivity index (χ1n) is 12.6. The molecule has 0 bridgehead atoms. The monoisotopic (exact) mass is 444 g/mol. The summed E-state index contributed by atoms with van der Waals surface area (Å²) in [5.74, 6) is 0.207. The third-order valence-corrected chi connectivity index (χ3v) is 6.72. The predicted molar refractivity (Wildman–Crippen MR) is 144 cm³/mol. The Bertz CT molecular complexity index is 958. The van der Waals surface area contributed by atoms with Crippen molar-refractivity contribution in [3.63, 3.8) is 0 Å². The van der Waals surface area contributed by atoms with Gasteiger partial charge in [-0.2, -0.15) is 0 Å². The van der Waals surface area contributed by atoms with Gasteiger partial charge in [0, 0.05) is 48.7 Å². The van der Waals surface area contributed by atoms with Crippen LogP contribution in [-0.4, -0.2) is 32.0 Å². The van der Waals surface area contributed by atoms with E-state index in [9.17, 15) is 4.79 Å². The zero-order valence-electron chi connectivity index (χ0n) is 21.4. The van der Waals surface area contributed by atoms with Crippen LogP contribution in [0.4, 0.5) is 11.4 Å². The lowest BCUT2D eigenvalue weighted by atomic mass is 9.86. The Labute approximate surface area is 200 Å². The summed E-state index contributed by atoms with van der Waals surface area (Å²) < 4.78 is 0. The fraction of sp³-hybridized carbons (Fsp3) is 0.433. The highest BCUT2D eigenvalue weighted by atomic mass is 16.1. The van der Waals surface area contributed by atoms with E-state index in [2.05, 4.69) is 99.9 Å². The van der Waals surface area contributed by atoms with Gasteiger partial charge >= 0.3 is 0 Å². The van der Waals surface area contributed by atoms with Crippen LogP contribution in [0.2, 0.25) is 0 Å². The van der Waals surface area contributed by atoms with Crippen LogP contribution in [0.25, 0.3) is 12.2 Å². The molecule has 33 heavy (non-hydrogen) atoms. The molecule has 1 aliphatic carbocycles. The molecule has 0 aliphatic heterocycles. The normalized spacial score (nSPS) is 16.5. The molecule has 0 unspecified atom stereocenters. The van der Waals surface area contributed by atoms with E-state index in [0.29, 0.717) is 0 Å². The van der Waals surface area contributed by atoms with Crippen LogP contribution in [0, 0.1) is 13.8 Å². The van der Waals surface area contributed by atoms with Gasteiger partial charge in [-0.3, -0.25) is 4.79 Å². The van der Waals surface area contributed by atoms with Crippen LogP contribution in [0.1, 0.15) is 69.2 Å². The fourth-order valence-electron chi connectivity index (χ4n) is 4.78. The molecule has 1 fully saturated rings. The molecule has 1 saturated carbocycles. The molecule has 2 aromatic rings. The second-order valence-corrected chi connectivity index (χ2v) is 8.99. The Kier molecular flexibility index (Phi) is 8.55. The number of carbonyl (C=O) groups excluding carboxylic acids is 1. The number of carbonyl (C=O) groups is 1. The number of rotatable bonds is 8. The maximum absolute atomic E-state index is 13.5. The number of hydrogen-bond donors (Lipinski definition) is 0. The highest BCUT2D eigenvalue weighted by molar-refractivity contribution is 6.14. The summed E-state index contributed by atoms with van der Waals surface area (Å²) in [5.41, 5.74) is 9.09. The first kappa shape index (κ1) is 24.8. The van der Waals surface area contributed by atoms with Crippen molar-refractivity contribution < 1.29 is 4.79 Å². The predicted octanol–water partition coefficient (Wildman–Crippen LogP) is 7.22. The van der Waals surface area contributed by atoms with E-state index in [-0.39, 0.29) is 5.78 Å². The van der Waals surface area contributed by atoms with Crippen molar-refractivity contribution in [2.45, 2.75) is 60.8 Å². The van der Waals surface area contributed by atoms with Crippen molar-refractivity contribution >= 4 is 29.3 Å². The molecule has 3 nitrogen and oxygen atoms in total. The molecular formula is C30H40N2O. The van der Waals surface area contributed by atoms with Crippen molar-refractivity contribution in [2.75, 3.05) is 36.0 Å². The molecule has 0 atom stereocenters. The summed E-state index contributed by atoms with van der Waals surface area (Å²) in [7, 11) is 0. The topological polar surface area (TPSA) is 23.6 Å². The van der Waals surface area contributed by atoms with Gasteiger partial charge in [0.15, 0.2) is 5.78 Å². The molecule has 0 heterocycles. The minimum atomic E-state index is 0.207. The summed E-state index contributed by atoms with van der Waals surface area (Å²) in [6.45, 7) is 16.8. The lowest BCUT2D eigenvalue weighted by Gasteiger charge is -2.25. The summed E-state index contributed by atoms with van der Waals surface area (Å²) >= 11 is 0. The smallest absolute Gasteiger partial charge is 0.185 e. The highest BCUT2D eigenvalue weighted by Crippen LogP contribution is 2.33. The standard InChI is InChI=1S/C30H40N2O/c1-7-31(8-2)28-18-22(5)14-16-24(28)20-26-12-11-13-27(30(26)33)21-25-17-15-23(6)19-29(25)32(9-3)10-4/h14-21H,7-13H2,1-6H3/b26-20+,27-21+. The van der Waals surface area contributed by atoms with E-state index in [1.54, 1.807) is 0 Å². The van der Waals surface area contributed by atoms with Crippen molar-refractivity contribution in [3.8, 4) is 0 Å². The number of anilines is 2. The van der Waals surface area contributed by atoms with Crippen LogP contribution in [0.3, 0.4) is 0 Å². The maximum atomic E-state index is 13.5. The fourth-order valence-corrected chi connectivity index (χ4v) is 4.78. The minimum absolute atomic E-state index is 0.207. The van der Waals surface area contributed by atoms with Crippen LogP contribution in [0.15, 0.2) is 47.5 Å². The molecule has 0 aromatic heterocycles. The van der Waals surface area contributed by atoms with Gasteiger partial charge in [-0.15, -0.1) is 0 Å². The van der Waals surface area contributed by atoms with Crippen LogP contribution < -0.4 is 9.80 Å². The van der Waals surface area contributed by atoms with Gasteiger partial charge in [0.1, 0.15) is 0 Å². The summed E-state index contributed by atoms with van der Waals surface area (Å²) in [6.07, 6.45) is 6.99. The summed E-state index contributed by atoms with van der Waals surface area (Å²) in [5, 5.41) is 0. The quantitative estimate of drug-likeness (QED) is 0.402. The molecule has 0 N–H and O–H groups in total. The Morgan fingerprint density at radius 2 is 1.09 bits per heavy atom. The zero-order valence-corrected chi connectivity index (χ0v) is 21.4. The highest BCUT2D eigenvalue weighted by Gasteiger charge is 2.22. The Balaban J connectivity index is 2.00. The van der Waals surface area contributed by atoms with Gasteiger partial charge < -0.3 is 9.80 Å². The molecule has 0 amide bonds. The van der Waals surface area contributed by atoms with Crippen LogP contribution >= 0.6 is 0 Å². The number of allylic oxidation sites excluding steroid dienone is 2. The number of benzene rings is 2. The average Bonchev–Trinajstić information content (AvgIpc) is 2.81. The Hall–Kier alpha value is -2.81. The number of aryl methyl sites for hydroxylation is 2. The van der Waals surface area contributed by atoms with Gasteiger partial charge in [-0.25, -0.2) is 0 Å². The van der Waals surface area contributed by atoms with Gasteiger partial charge in [0.2, 0.25) is 0 Å². The second-order valence-electron chi connectivity index (χ2n) is 8.99. The van der Waals surface area contributed by atoms with Gasteiger partial charge in [0.25, 0.3) is 0 Å². The third kappa shape index (κ3) is 5.76. The lowest BCUT2D eigenvalue weighted by Crippen LogP contribution is -2.23. The van der Waals surface area contributed by atoms with E-state index in [1.165, 1.54) is 22.5 Å². The SMILES string of the molecule is CCN(CC)c1cc(C)ccc1/C=C1\CCC/C(=C\c2ccc(C)cc2N(CC)CC)C1=O. The first-order valence-corrected chi connectivity index (χ1v) is 12.6. The average molecular weight is 445 g/mol. The van der Waals surface area contributed by atoms with Crippen molar-refractivity contribution in [1.29, 1.82) is 0 Å². The molecule has 2 aromatic carbocycles. The third-order valence-electron chi connectivity index (χ3n) is 6.72. The maximum Gasteiger partial charge on any atom is 0.185 e. The van der Waals surface area contributed by atoms with Gasteiger partial charge in [-0.1, -0.05) is 24.3 Å². The molecule has 3 heteroatoms. The molecule has 0 spiro atoms.